The van der Waals surface area contributed by atoms with Crippen molar-refractivity contribution in [2.24, 2.45) is 5.73 Å². The average Bonchev–Trinajstić information content (AvgIpc) is 3.05. The highest BCUT2D eigenvalue weighted by Gasteiger charge is 2.25. The van der Waals surface area contributed by atoms with Gasteiger partial charge >= 0.3 is 5.97 Å². The van der Waals surface area contributed by atoms with Crippen molar-refractivity contribution in [3.63, 3.8) is 0 Å². The Kier molecular flexibility index (Phi) is 6.16. The number of halogens is 1. The summed E-state index contributed by atoms with van der Waals surface area (Å²) in [5.41, 5.74) is 6.85. The monoisotopic (exact) mass is 476 g/mol. The lowest BCUT2D eigenvalue weighted by Gasteiger charge is -2.07. The van der Waals surface area contributed by atoms with E-state index < -0.39 is 11.9 Å². The maximum atomic E-state index is 12.2. The normalized spacial score (nSPS) is 10.6. The van der Waals surface area contributed by atoms with Gasteiger partial charge in [-0.15, -0.1) is 11.3 Å². The van der Waals surface area contributed by atoms with Crippen LogP contribution >= 0.6 is 33.9 Å². The Morgan fingerprint density at radius 1 is 1.40 bits per heavy atom. The number of esters is 1. The van der Waals surface area contributed by atoms with Gasteiger partial charge in [0.1, 0.15) is 5.00 Å². The first-order valence-corrected chi connectivity index (χ1v) is 9.15. The van der Waals surface area contributed by atoms with Gasteiger partial charge in [-0.1, -0.05) is 0 Å². The molecular formula is C15H17IN4O4S. The summed E-state index contributed by atoms with van der Waals surface area (Å²) in [6.45, 7) is 3.92. The predicted octanol–water partition coefficient (Wildman–Crippen LogP) is 2.08. The van der Waals surface area contributed by atoms with Crippen LogP contribution in [0.2, 0.25) is 0 Å². The number of rotatable bonds is 6. The summed E-state index contributed by atoms with van der Waals surface area (Å²) in [6, 6.07) is 0. The van der Waals surface area contributed by atoms with Crippen LogP contribution in [0.1, 0.15) is 37.7 Å². The maximum absolute atomic E-state index is 12.2. The molecular weight excluding hydrogens is 459 g/mol. The minimum absolute atomic E-state index is 0.152. The first kappa shape index (κ1) is 19.4. The average molecular weight is 476 g/mol. The van der Waals surface area contributed by atoms with Crippen molar-refractivity contribution in [2.75, 3.05) is 12.4 Å². The van der Waals surface area contributed by atoms with Gasteiger partial charge in [0.25, 0.3) is 5.91 Å². The Labute approximate surface area is 161 Å². The molecule has 0 saturated heterocycles. The molecule has 0 saturated carbocycles. The summed E-state index contributed by atoms with van der Waals surface area (Å²) in [5, 5.41) is 7.12. The lowest BCUT2D eigenvalue weighted by molar-refractivity contribution is -0.116. The zero-order valence-corrected chi connectivity index (χ0v) is 16.9. The Morgan fingerprint density at radius 2 is 2.08 bits per heavy atom. The van der Waals surface area contributed by atoms with E-state index in [0.717, 1.165) is 20.6 Å². The molecule has 2 aromatic heterocycles. The maximum Gasteiger partial charge on any atom is 0.341 e. The van der Waals surface area contributed by atoms with Crippen molar-refractivity contribution >= 4 is 56.7 Å². The lowest BCUT2D eigenvalue weighted by Crippen LogP contribution is -2.17. The molecule has 134 valence electrons. The molecule has 0 unspecified atom stereocenters. The molecule has 3 N–H and O–H groups in total. The number of ether oxygens (including phenoxy) is 1. The second kappa shape index (κ2) is 7.95. The highest BCUT2D eigenvalue weighted by molar-refractivity contribution is 14.1. The fraction of sp³-hybridized carbons (Fsp3) is 0.333. The summed E-state index contributed by atoms with van der Waals surface area (Å²) in [7, 11) is 1.23. The van der Waals surface area contributed by atoms with Crippen LogP contribution in [0.25, 0.3) is 0 Å². The molecule has 0 spiro atoms. The summed E-state index contributed by atoms with van der Waals surface area (Å²) >= 11 is 3.14. The molecule has 2 amide bonds. The van der Waals surface area contributed by atoms with Crippen molar-refractivity contribution in [1.82, 2.24) is 9.78 Å². The molecule has 0 aliphatic carbocycles. The number of carbonyl (C=O) groups excluding carboxylic acids is 3. The minimum atomic E-state index is -0.658. The fourth-order valence-electron chi connectivity index (χ4n) is 2.23. The molecule has 25 heavy (non-hydrogen) atoms. The van der Waals surface area contributed by atoms with Gasteiger partial charge in [-0.25, -0.2) is 4.79 Å². The molecule has 0 aliphatic heterocycles. The molecule has 0 atom stereocenters. The number of thiophene rings is 1. The first-order chi connectivity index (χ1) is 11.8. The van der Waals surface area contributed by atoms with Crippen LogP contribution in [0.15, 0.2) is 6.20 Å². The Hall–Kier alpha value is -1.95. The van der Waals surface area contributed by atoms with Gasteiger partial charge in [-0.2, -0.15) is 5.10 Å². The minimum Gasteiger partial charge on any atom is -0.465 e. The van der Waals surface area contributed by atoms with Gasteiger partial charge in [-0.3, -0.25) is 14.3 Å². The molecule has 2 rings (SSSR count). The van der Waals surface area contributed by atoms with E-state index >= 15 is 0 Å². The number of carbonyl (C=O) groups is 3. The molecule has 0 radical (unpaired) electrons. The third kappa shape index (κ3) is 4.18. The second-order valence-corrected chi connectivity index (χ2v) is 7.40. The van der Waals surface area contributed by atoms with Gasteiger partial charge in [0.05, 0.1) is 33.9 Å². The highest BCUT2D eigenvalue weighted by atomic mass is 127. The van der Waals surface area contributed by atoms with E-state index in [-0.39, 0.29) is 27.8 Å². The Balaban J connectivity index is 2.17. The van der Waals surface area contributed by atoms with Crippen molar-refractivity contribution in [3.8, 4) is 0 Å². The Bertz CT molecular complexity index is 843. The third-order valence-electron chi connectivity index (χ3n) is 3.61. The topological polar surface area (TPSA) is 116 Å². The van der Waals surface area contributed by atoms with E-state index in [0.29, 0.717) is 12.1 Å². The Morgan fingerprint density at radius 3 is 2.60 bits per heavy atom. The number of aryl methyl sites for hydroxylation is 1. The number of primary amides is 1. The summed E-state index contributed by atoms with van der Waals surface area (Å²) in [4.78, 5) is 35.9. The molecule has 0 aliphatic rings. The SMILES string of the molecule is COC(=O)c1c(NC(=O)CCn2ncc(I)c2C)sc(C(N)=O)c1C. The van der Waals surface area contributed by atoms with Gasteiger partial charge in [0.15, 0.2) is 0 Å². The second-order valence-electron chi connectivity index (χ2n) is 5.22. The van der Waals surface area contributed by atoms with Gasteiger partial charge in [0.2, 0.25) is 5.91 Å². The van der Waals surface area contributed by atoms with Crippen molar-refractivity contribution in [3.05, 3.63) is 31.5 Å². The van der Waals surface area contributed by atoms with E-state index in [1.807, 2.05) is 6.92 Å². The molecule has 8 nitrogen and oxygen atoms in total. The number of hydrogen-bond acceptors (Lipinski definition) is 6. The molecule has 2 aromatic rings. The van der Waals surface area contributed by atoms with Crippen molar-refractivity contribution in [2.45, 2.75) is 26.8 Å². The van der Waals surface area contributed by atoms with Crippen LogP contribution < -0.4 is 11.1 Å². The number of anilines is 1. The quantitative estimate of drug-likeness (QED) is 0.489. The fourth-order valence-corrected chi connectivity index (χ4v) is 3.70. The molecule has 2 heterocycles. The summed E-state index contributed by atoms with van der Waals surface area (Å²) < 4.78 is 7.48. The zero-order chi connectivity index (χ0) is 18.7. The number of nitrogens with one attached hydrogen (secondary N) is 1. The number of hydrogen-bond donors (Lipinski definition) is 2. The number of nitrogens with zero attached hydrogens (tertiary/aromatic N) is 2. The van der Waals surface area contributed by atoms with Crippen LogP contribution in [-0.2, 0) is 16.1 Å². The standard InChI is InChI=1S/C15H17IN4O4S/c1-7-11(15(23)24-3)14(25-12(7)13(17)22)19-10(21)4-5-20-8(2)9(16)6-18-20/h6H,4-5H2,1-3H3,(H2,17,22)(H,19,21). The van der Waals surface area contributed by atoms with Gasteiger partial charge < -0.3 is 15.8 Å². The van der Waals surface area contributed by atoms with E-state index in [4.69, 9.17) is 10.5 Å². The molecule has 0 bridgehead atoms. The van der Waals surface area contributed by atoms with E-state index in [2.05, 4.69) is 33.0 Å². The number of methoxy groups -OCH3 is 1. The molecule has 0 fully saturated rings. The smallest absolute Gasteiger partial charge is 0.341 e. The van der Waals surface area contributed by atoms with Crippen molar-refractivity contribution in [1.29, 1.82) is 0 Å². The van der Waals surface area contributed by atoms with Crippen LogP contribution in [-0.4, -0.2) is 34.7 Å². The van der Waals surface area contributed by atoms with Crippen LogP contribution in [0.4, 0.5) is 5.00 Å². The van der Waals surface area contributed by atoms with Crippen LogP contribution in [0.5, 0.6) is 0 Å². The lowest BCUT2D eigenvalue weighted by atomic mass is 10.1. The highest BCUT2D eigenvalue weighted by Crippen LogP contribution is 2.33. The van der Waals surface area contributed by atoms with Gasteiger partial charge in [-0.05, 0) is 42.0 Å². The third-order valence-corrected chi connectivity index (χ3v) is 5.89. The first-order valence-electron chi connectivity index (χ1n) is 7.25. The predicted molar refractivity (Wildman–Crippen MR) is 102 cm³/mol. The number of amides is 2. The largest absolute Gasteiger partial charge is 0.465 e. The van der Waals surface area contributed by atoms with Crippen molar-refractivity contribution < 1.29 is 19.1 Å². The molecule has 0 aromatic carbocycles. The summed E-state index contributed by atoms with van der Waals surface area (Å²) in [6.07, 6.45) is 1.90. The van der Waals surface area contributed by atoms with E-state index in [1.54, 1.807) is 17.8 Å². The van der Waals surface area contributed by atoms with E-state index in [1.165, 1.54) is 7.11 Å². The molecule has 10 heteroatoms. The number of nitrogens with two attached hydrogens (primary N) is 1. The summed E-state index contributed by atoms with van der Waals surface area (Å²) in [5.74, 6) is -1.59. The zero-order valence-electron chi connectivity index (χ0n) is 13.9. The van der Waals surface area contributed by atoms with Gasteiger partial charge in [0, 0.05) is 12.1 Å². The number of aromatic nitrogens is 2. The van der Waals surface area contributed by atoms with Crippen LogP contribution in [0.3, 0.4) is 0 Å². The van der Waals surface area contributed by atoms with Crippen LogP contribution in [0, 0.1) is 17.4 Å². The van der Waals surface area contributed by atoms with E-state index in [9.17, 15) is 14.4 Å².